The Labute approximate surface area is 252 Å². The Hall–Kier alpha value is -2.84. The van der Waals surface area contributed by atoms with Crippen LogP contribution in [0.3, 0.4) is 0 Å². The number of rotatable bonds is 4. The van der Waals surface area contributed by atoms with Crippen LogP contribution >= 0.6 is 0 Å². The number of allylic oxidation sites excluding steroid dienone is 2. The maximum atomic E-state index is 13.9. The second-order valence-electron chi connectivity index (χ2n) is 14.9. The average Bonchev–Trinajstić information content (AvgIpc) is 3.22. The van der Waals surface area contributed by atoms with Gasteiger partial charge in [-0.1, -0.05) is 39.0 Å². The molecule has 5 rings (SSSR count). The third-order valence-corrected chi connectivity index (χ3v) is 10.9. The number of carbonyl (C=O) groups excluding carboxylic acids is 3. The third kappa shape index (κ3) is 5.73. The van der Waals surface area contributed by atoms with Crippen molar-refractivity contribution in [3.05, 3.63) is 41.1 Å². The number of fused-ring (bicyclic) bond motifs is 5. The summed E-state index contributed by atoms with van der Waals surface area (Å²) in [5.41, 5.74) is -0.104. The van der Waals surface area contributed by atoms with Crippen LogP contribution in [0.25, 0.3) is 0 Å². The standard InChI is InChI=1S/C34H44F3NO5/c1-19-9-8-10-21(29(19)42-34(35,36)37)15-27(40)25-12-11-23-22-18-38(30(41)43-31(3,4)5)28-16-26(39)20(2)17-33(28,7)24(22)13-14-32(23,25)6/h8-10,16,20,22-25H,11-15,17-18H2,1-7H3/t20?,22?,23?,24?,25?,32-,33+/m0/s1. The van der Waals surface area contributed by atoms with E-state index in [1.54, 1.807) is 30.0 Å². The molecular formula is C34H44F3NO5. The minimum atomic E-state index is -4.85. The van der Waals surface area contributed by atoms with E-state index in [2.05, 4.69) is 18.6 Å². The SMILES string of the molecule is Cc1cccc(CC(=O)C2CCC3C4CN(C(=O)OC(C)(C)C)C5=CC(=O)C(C)C[C@]5(C)C4CC[C@]23C)c1OC(F)(F)F. The molecule has 1 amide bonds. The fraction of sp³-hybridized carbons (Fsp3) is 0.676. The summed E-state index contributed by atoms with van der Waals surface area (Å²) in [6, 6.07) is 4.74. The Morgan fingerprint density at radius 2 is 1.77 bits per heavy atom. The van der Waals surface area contributed by atoms with Gasteiger partial charge in [0.15, 0.2) is 5.78 Å². The number of hydrogen-bond acceptors (Lipinski definition) is 5. The van der Waals surface area contributed by atoms with Crippen LogP contribution in [0.1, 0.15) is 84.8 Å². The number of carbonyl (C=O) groups is 3. The molecule has 0 bridgehead atoms. The number of aryl methyl sites for hydroxylation is 1. The number of halogens is 3. The van der Waals surface area contributed by atoms with Gasteiger partial charge in [-0.2, -0.15) is 0 Å². The van der Waals surface area contributed by atoms with Gasteiger partial charge in [0.1, 0.15) is 17.1 Å². The Balaban J connectivity index is 1.44. The summed E-state index contributed by atoms with van der Waals surface area (Å²) in [5, 5.41) is 0. The summed E-state index contributed by atoms with van der Waals surface area (Å²) in [5.74, 6) is -0.287. The fourth-order valence-corrected chi connectivity index (χ4v) is 9.10. The van der Waals surface area contributed by atoms with Gasteiger partial charge >= 0.3 is 12.5 Å². The van der Waals surface area contributed by atoms with E-state index in [9.17, 15) is 27.6 Å². The zero-order valence-electron chi connectivity index (χ0n) is 26.3. The lowest BCUT2D eigenvalue weighted by Crippen LogP contribution is -2.60. The summed E-state index contributed by atoms with van der Waals surface area (Å²) in [4.78, 5) is 42.0. The van der Waals surface area contributed by atoms with E-state index in [0.29, 0.717) is 24.9 Å². The molecule has 1 heterocycles. The second kappa shape index (κ2) is 10.7. The van der Waals surface area contributed by atoms with Crippen molar-refractivity contribution in [3.8, 4) is 5.75 Å². The summed E-state index contributed by atoms with van der Waals surface area (Å²) in [7, 11) is 0. The molecule has 1 saturated heterocycles. The fourth-order valence-electron chi connectivity index (χ4n) is 9.10. The molecule has 0 aromatic heterocycles. The molecule has 3 fully saturated rings. The molecule has 43 heavy (non-hydrogen) atoms. The first kappa shape index (κ1) is 31.6. The maximum Gasteiger partial charge on any atom is 0.573 e. The van der Waals surface area contributed by atoms with Crippen molar-refractivity contribution in [1.29, 1.82) is 0 Å². The van der Waals surface area contributed by atoms with E-state index >= 15 is 0 Å². The number of nitrogens with zero attached hydrogens (tertiary/aromatic N) is 1. The van der Waals surface area contributed by atoms with E-state index < -0.39 is 18.1 Å². The summed E-state index contributed by atoms with van der Waals surface area (Å²) < 4.78 is 49.7. The number of para-hydroxylation sites is 1. The van der Waals surface area contributed by atoms with Crippen molar-refractivity contribution in [2.24, 2.45) is 40.4 Å². The van der Waals surface area contributed by atoms with Crippen LogP contribution < -0.4 is 4.74 Å². The summed E-state index contributed by atoms with van der Waals surface area (Å²) in [6.45, 7) is 13.7. The van der Waals surface area contributed by atoms with Crippen molar-refractivity contribution in [3.63, 3.8) is 0 Å². The highest BCUT2D eigenvalue weighted by atomic mass is 19.4. The number of ketones is 2. The lowest BCUT2D eigenvalue weighted by Gasteiger charge is -2.60. The third-order valence-electron chi connectivity index (χ3n) is 10.9. The number of Topliss-reactive ketones (excluding diaryl/α,β-unsaturated/α-hetero) is 1. The van der Waals surface area contributed by atoms with Crippen molar-refractivity contribution in [2.75, 3.05) is 6.54 Å². The average molecular weight is 604 g/mol. The van der Waals surface area contributed by atoms with E-state index in [1.165, 1.54) is 6.07 Å². The topological polar surface area (TPSA) is 72.9 Å². The molecule has 1 aromatic carbocycles. The van der Waals surface area contributed by atoms with Gasteiger partial charge in [-0.3, -0.25) is 14.5 Å². The Kier molecular flexibility index (Phi) is 7.82. The minimum absolute atomic E-state index is 0.0247. The molecule has 236 valence electrons. The molecule has 9 heteroatoms. The van der Waals surface area contributed by atoms with Gasteiger partial charge in [-0.25, -0.2) is 4.79 Å². The summed E-state index contributed by atoms with van der Waals surface area (Å²) >= 11 is 0. The van der Waals surface area contributed by atoms with Crippen LogP contribution in [-0.4, -0.2) is 41.1 Å². The first-order valence-electron chi connectivity index (χ1n) is 15.5. The van der Waals surface area contributed by atoms with Crippen LogP contribution in [0, 0.1) is 47.3 Å². The number of piperidine rings is 1. The molecule has 0 radical (unpaired) electrons. The number of benzene rings is 1. The Bertz CT molecular complexity index is 1350. The molecular weight excluding hydrogens is 559 g/mol. The van der Waals surface area contributed by atoms with Gasteiger partial charge in [0.2, 0.25) is 0 Å². The number of amides is 1. The first-order valence-corrected chi connectivity index (χ1v) is 15.5. The van der Waals surface area contributed by atoms with Crippen LogP contribution in [0.4, 0.5) is 18.0 Å². The second-order valence-corrected chi connectivity index (χ2v) is 14.9. The molecule has 1 aromatic rings. The highest BCUT2D eigenvalue weighted by Gasteiger charge is 2.62. The molecule has 4 aliphatic rings. The molecule has 0 N–H and O–H groups in total. The lowest BCUT2D eigenvalue weighted by molar-refractivity contribution is -0.275. The first-order chi connectivity index (χ1) is 19.8. The molecule has 7 atom stereocenters. The normalized spacial score (nSPS) is 34.1. The van der Waals surface area contributed by atoms with Gasteiger partial charge in [0.05, 0.1) is 0 Å². The maximum absolute atomic E-state index is 13.9. The van der Waals surface area contributed by atoms with E-state index in [-0.39, 0.29) is 69.7 Å². The van der Waals surface area contributed by atoms with Gasteiger partial charge in [-0.05, 0) is 88.5 Å². The number of likely N-dealkylation sites (tertiary alicyclic amines) is 1. The van der Waals surface area contributed by atoms with Crippen molar-refractivity contribution >= 4 is 17.7 Å². The van der Waals surface area contributed by atoms with Crippen LogP contribution in [0.5, 0.6) is 5.75 Å². The molecule has 3 aliphatic carbocycles. The minimum Gasteiger partial charge on any atom is -0.443 e. The van der Waals surface area contributed by atoms with Crippen LogP contribution in [0.2, 0.25) is 0 Å². The smallest absolute Gasteiger partial charge is 0.443 e. The predicted octanol–water partition coefficient (Wildman–Crippen LogP) is 7.81. The molecule has 5 unspecified atom stereocenters. The van der Waals surface area contributed by atoms with Gasteiger partial charge in [0, 0.05) is 47.6 Å². The quantitative estimate of drug-likeness (QED) is 0.351. The number of hydrogen-bond donors (Lipinski definition) is 0. The Morgan fingerprint density at radius 3 is 2.42 bits per heavy atom. The van der Waals surface area contributed by atoms with Gasteiger partial charge < -0.3 is 9.47 Å². The monoisotopic (exact) mass is 603 g/mol. The molecule has 6 nitrogen and oxygen atoms in total. The Morgan fingerprint density at radius 1 is 1.07 bits per heavy atom. The highest BCUT2D eigenvalue weighted by Crippen LogP contribution is 2.66. The van der Waals surface area contributed by atoms with Crippen molar-refractivity contribution in [2.45, 2.75) is 99.0 Å². The van der Waals surface area contributed by atoms with E-state index in [1.807, 2.05) is 27.7 Å². The van der Waals surface area contributed by atoms with Crippen molar-refractivity contribution < 1.29 is 37.0 Å². The van der Waals surface area contributed by atoms with Gasteiger partial charge in [-0.15, -0.1) is 13.2 Å². The predicted molar refractivity (Wildman–Crippen MR) is 155 cm³/mol. The number of ether oxygens (including phenoxy) is 2. The molecule has 1 aliphatic heterocycles. The number of alkyl halides is 3. The van der Waals surface area contributed by atoms with Gasteiger partial charge in [0.25, 0.3) is 0 Å². The van der Waals surface area contributed by atoms with Crippen LogP contribution in [-0.2, 0) is 20.7 Å². The lowest BCUT2D eigenvalue weighted by atomic mass is 9.48. The van der Waals surface area contributed by atoms with Crippen LogP contribution in [0.15, 0.2) is 30.0 Å². The zero-order chi connectivity index (χ0) is 31.7. The highest BCUT2D eigenvalue weighted by molar-refractivity contribution is 5.94. The van der Waals surface area contributed by atoms with Crippen molar-refractivity contribution in [1.82, 2.24) is 4.90 Å². The molecule has 0 spiro atoms. The molecule has 2 saturated carbocycles. The van der Waals surface area contributed by atoms with E-state index in [0.717, 1.165) is 25.0 Å². The zero-order valence-corrected chi connectivity index (χ0v) is 26.3. The van der Waals surface area contributed by atoms with E-state index in [4.69, 9.17) is 4.74 Å². The summed E-state index contributed by atoms with van der Waals surface area (Å²) in [6.07, 6.45) is 0.00846. The largest absolute Gasteiger partial charge is 0.573 e.